The van der Waals surface area contributed by atoms with Crippen LogP contribution in [0.5, 0.6) is 5.75 Å². The van der Waals surface area contributed by atoms with E-state index >= 15 is 0 Å². The average molecular weight is 405 g/mol. The number of carbonyl (C=O) groups is 3. The number of aliphatic hydroxyl groups excluding tert-OH is 1. The Morgan fingerprint density at radius 2 is 1.97 bits per heavy atom. The molecule has 0 radical (unpaired) electrons. The van der Waals surface area contributed by atoms with Crippen molar-refractivity contribution in [1.29, 1.82) is 0 Å². The smallest absolute Gasteiger partial charge is 0.326 e. The molecule has 0 saturated carbocycles. The quantitative estimate of drug-likeness (QED) is 0.502. The Hall–Kier alpha value is -2.65. The maximum absolute atomic E-state index is 13.0. The Labute approximate surface area is 169 Å². The number of likely N-dealkylation sites (tertiary alicyclic amines) is 1. The van der Waals surface area contributed by atoms with Gasteiger partial charge in [0.25, 0.3) is 5.91 Å². The van der Waals surface area contributed by atoms with Crippen LogP contribution in [0.3, 0.4) is 0 Å². The van der Waals surface area contributed by atoms with Crippen LogP contribution >= 0.6 is 0 Å². The van der Waals surface area contributed by atoms with E-state index in [0.29, 0.717) is 12.8 Å². The number of ether oxygens (including phenoxy) is 2. The molecular formula is C20H27N3O6. The molecule has 0 bridgehead atoms. The highest BCUT2D eigenvalue weighted by molar-refractivity contribution is 6.06. The molecule has 3 amide bonds. The summed E-state index contributed by atoms with van der Waals surface area (Å²) in [5, 5.41) is 12.7. The summed E-state index contributed by atoms with van der Waals surface area (Å²) in [6.45, 7) is 1.83. The lowest BCUT2D eigenvalue weighted by Crippen LogP contribution is -2.48. The fraction of sp³-hybridized carbons (Fsp3) is 0.550. The van der Waals surface area contributed by atoms with Gasteiger partial charge in [-0.05, 0) is 37.5 Å². The largest absolute Gasteiger partial charge is 0.497 e. The number of aliphatic hydroxyl groups is 1. The van der Waals surface area contributed by atoms with E-state index in [2.05, 4.69) is 5.32 Å². The summed E-state index contributed by atoms with van der Waals surface area (Å²) < 4.78 is 9.91. The van der Waals surface area contributed by atoms with Gasteiger partial charge in [-0.25, -0.2) is 9.69 Å². The summed E-state index contributed by atoms with van der Waals surface area (Å²) >= 11 is 0. The number of urea groups is 1. The van der Waals surface area contributed by atoms with Crippen LogP contribution in [0.25, 0.3) is 0 Å². The minimum Gasteiger partial charge on any atom is -0.497 e. The van der Waals surface area contributed by atoms with Crippen LogP contribution < -0.4 is 10.1 Å². The number of benzene rings is 1. The first kappa shape index (κ1) is 21.1. The van der Waals surface area contributed by atoms with E-state index in [-0.39, 0.29) is 25.5 Å². The van der Waals surface area contributed by atoms with Crippen molar-refractivity contribution in [3.8, 4) is 5.75 Å². The zero-order valence-electron chi connectivity index (χ0n) is 16.9. The molecule has 29 heavy (non-hydrogen) atoms. The Kier molecular flexibility index (Phi) is 6.09. The van der Waals surface area contributed by atoms with Crippen LogP contribution in [0.15, 0.2) is 24.3 Å². The zero-order chi connectivity index (χ0) is 21.2. The van der Waals surface area contributed by atoms with E-state index in [1.807, 2.05) is 24.3 Å². The van der Waals surface area contributed by atoms with Crippen molar-refractivity contribution in [1.82, 2.24) is 15.1 Å². The second-order valence-electron chi connectivity index (χ2n) is 7.68. The molecule has 1 aromatic rings. The average Bonchev–Trinajstić information content (AvgIpc) is 3.18. The second kappa shape index (κ2) is 8.38. The SMILES string of the molecule is COC(=O)[C@@H]1C[C@@H](O)CN1CN1C(=O)N[C@@](C)(CCc2ccc(OC)cc2)C1=O. The molecule has 158 valence electrons. The maximum atomic E-state index is 13.0. The van der Waals surface area contributed by atoms with Gasteiger partial charge in [0.15, 0.2) is 0 Å². The number of hydrogen-bond acceptors (Lipinski definition) is 7. The lowest BCUT2D eigenvalue weighted by atomic mass is 9.93. The van der Waals surface area contributed by atoms with Crippen molar-refractivity contribution >= 4 is 17.9 Å². The predicted octanol–water partition coefficient (Wildman–Crippen LogP) is 0.504. The van der Waals surface area contributed by atoms with Gasteiger partial charge in [0, 0.05) is 13.0 Å². The first-order valence-electron chi connectivity index (χ1n) is 9.54. The van der Waals surface area contributed by atoms with Crippen molar-refractivity contribution < 1.29 is 29.0 Å². The monoisotopic (exact) mass is 405 g/mol. The van der Waals surface area contributed by atoms with Gasteiger partial charge < -0.3 is 19.9 Å². The van der Waals surface area contributed by atoms with Crippen LogP contribution in [-0.4, -0.2) is 77.9 Å². The molecule has 9 heteroatoms. The number of nitrogens with zero attached hydrogens (tertiary/aromatic N) is 2. The summed E-state index contributed by atoms with van der Waals surface area (Å²) in [7, 11) is 2.87. The molecule has 0 aliphatic carbocycles. The summed E-state index contributed by atoms with van der Waals surface area (Å²) in [5.41, 5.74) is -0.00298. The van der Waals surface area contributed by atoms with Crippen molar-refractivity contribution in [2.24, 2.45) is 0 Å². The number of esters is 1. The fourth-order valence-corrected chi connectivity index (χ4v) is 3.83. The minimum atomic E-state index is -1.03. The number of imide groups is 1. The van der Waals surface area contributed by atoms with E-state index in [1.54, 1.807) is 18.9 Å². The van der Waals surface area contributed by atoms with Crippen molar-refractivity contribution in [3.63, 3.8) is 0 Å². The molecular weight excluding hydrogens is 378 g/mol. The molecule has 9 nitrogen and oxygen atoms in total. The minimum absolute atomic E-state index is 0.0698. The summed E-state index contributed by atoms with van der Waals surface area (Å²) in [6.07, 6.45) is 0.545. The van der Waals surface area contributed by atoms with Gasteiger partial charge in [-0.1, -0.05) is 12.1 Å². The highest BCUT2D eigenvalue weighted by Crippen LogP contribution is 2.26. The molecule has 3 atom stereocenters. The molecule has 1 aromatic carbocycles. The predicted molar refractivity (Wildman–Crippen MR) is 103 cm³/mol. The summed E-state index contributed by atoms with van der Waals surface area (Å²) in [4.78, 5) is 40.1. The molecule has 2 heterocycles. The Morgan fingerprint density at radius 3 is 2.59 bits per heavy atom. The van der Waals surface area contributed by atoms with E-state index in [1.165, 1.54) is 7.11 Å². The van der Waals surface area contributed by atoms with Crippen LogP contribution in [0.4, 0.5) is 4.79 Å². The first-order chi connectivity index (χ1) is 13.8. The van der Waals surface area contributed by atoms with Gasteiger partial charge >= 0.3 is 12.0 Å². The number of carbonyl (C=O) groups excluding carboxylic acids is 3. The number of methoxy groups -OCH3 is 2. The molecule has 2 N–H and O–H groups in total. The molecule has 0 aromatic heterocycles. The number of rotatable bonds is 7. The molecule has 2 saturated heterocycles. The summed E-state index contributed by atoms with van der Waals surface area (Å²) in [6, 6.07) is 6.37. The normalized spacial score (nSPS) is 27.2. The van der Waals surface area contributed by atoms with E-state index in [9.17, 15) is 19.5 Å². The third-order valence-corrected chi connectivity index (χ3v) is 5.60. The molecule has 2 aliphatic rings. The van der Waals surface area contributed by atoms with Crippen LogP contribution in [0, 0.1) is 0 Å². The standard InChI is InChI=1S/C20H27N3O6/c1-20(9-8-13-4-6-15(28-2)7-5-13)18(26)23(19(27)21-20)12-22-11-14(24)10-16(22)17(25)29-3/h4-7,14,16,24H,8-12H2,1-3H3,(H,21,27)/t14-,16+,20+/m1/s1. The van der Waals surface area contributed by atoms with Crippen molar-refractivity contribution in [2.75, 3.05) is 27.4 Å². The second-order valence-corrected chi connectivity index (χ2v) is 7.68. The van der Waals surface area contributed by atoms with Crippen molar-refractivity contribution in [3.05, 3.63) is 29.8 Å². The van der Waals surface area contributed by atoms with Crippen molar-refractivity contribution in [2.45, 2.75) is 43.9 Å². The molecule has 0 spiro atoms. The zero-order valence-corrected chi connectivity index (χ0v) is 16.9. The molecule has 3 rings (SSSR count). The third kappa shape index (κ3) is 4.35. The van der Waals surface area contributed by atoms with E-state index in [4.69, 9.17) is 9.47 Å². The van der Waals surface area contributed by atoms with Gasteiger partial charge in [0.2, 0.25) is 0 Å². The Bertz CT molecular complexity index is 783. The third-order valence-electron chi connectivity index (χ3n) is 5.60. The lowest BCUT2D eigenvalue weighted by Gasteiger charge is -2.27. The Morgan fingerprint density at radius 1 is 1.28 bits per heavy atom. The molecule has 2 aliphatic heterocycles. The van der Waals surface area contributed by atoms with Gasteiger partial charge in [-0.15, -0.1) is 0 Å². The van der Waals surface area contributed by atoms with Gasteiger partial charge in [0.1, 0.15) is 17.3 Å². The fourth-order valence-electron chi connectivity index (χ4n) is 3.83. The highest BCUT2D eigenvalue weighted by atomic mass is 16.5. The van der Waals surface area contributed by atoms with E-state index < -0.39 is 29.7 Å². The first-order valence-corrected chi connectivity index (χ1v) is 9.54. The van der Waals surface area contributed by atoms with Gasteiger partial charge in [0.05, 0.1) is 27.0 Å². The Balaban J connectivity index is 1.65. The topological polar surface area (TPSA) is 108 Å². The number of β-amino-alcohol motifs (C(OH)–C–C–N with tert-alkyl or cyclic N) is 1. The highest BCUT2D eigenvalue weighted by Gasteiger charge is 2.49. The number of nitrogens with one attached hydrogen (secondary N) is 1. The van der Waals surface area contributed by atoms with E-state index in [0.717, 1.165) is 16.2 Å². The summed E-state index contributed by atoms with van der Waals surface area (Å²) in [5.74, 6) is -0.0822. The lowest BCUT2D eigenvalue weighted by molar-refractivity contribution is -0.147. The van der Waals surface area contributed by atoms with Gasteiger partial charge in [-0.2, -0.15) is 0 Å². The number of amides is 3. The number of hydrogen-bond donors (Lipinski definition) is 2. The van der Waals surface area contributed by atoms with Crippen LogP contribution in [0.1, 0.15) is 25.3 Å². The maximum Gasteiger partial charge on any atom is 0.326 e. The number of aryl methyl sites for hydroxylation is 1. The van der Waals surface area contributed by atoms with Crippen LogP contribution in [-0.2, 0) is 20.7 Å². The van der Waals surface area contributed by atoms with Gasteiger partial charge in [-0.3, -0.25) is 14.5 Å². The molecule has 2 fully saturated rings. The molecule has 0 unspecified atom stereocenters. The van der Waals surface area contributed by atoms with Crippen LogP contribution in [0.2, 0.25) is 0 Å².